The molecule has 2 atom stereocenters. The first-order valence-corrected chi connectivity index (χ1v) is 47.0. The summed E-state index contributed by atoms with van der Waals surface area (Å²) in [6, 6.07) is 168. The Balaban J connectivity index is 0.432. The van der Waals surface area contributed by atoms with Gasteiger partial charge in [0, 0.05) is 77.9 Å². The van der Waals surface area contributed by atoms with Crippen LogP contribution in [0.4, 0.5) is 34.1 Å². The van der Waals surface area contributed by atoms with Crippen LogP contribution in [-0.4, -0.2) is 22.3 Å². The van der Waals surface area contributed by atoms with E-state index < -0.39 is 10.8 Å². The quantitative estimate of drug-likeness (QED) is 0.0447. The van der Waals surface area contributed by atoms with Crippen LogP contribution in [0.1, 0.15) is 79.6 Å². The maximum atomic E-state index is 6.61. The van der Waals surface area contributed by atoms with E-state index in [1.165, 1.54) is 77.2 Å². The number of hydrogen-bond donors (Lipinski definition) is 0. The highest BCUT2D eigenvalue weighted by atomic mass is 16.5. The third-order valence-electron chi connectivity index (χ3n) is 27.8. The van der Waals surface area contributed by atoms with Crippen LogP contribution in [0, 0.1) is 0 Å². The molecule has 19 aromatic carbocycles. The number of anilines is 6. The van der Waals surface area contributed by atoms with Crippen LogP contribution in [0.2, 0.25) is 0 Å². The second-order valence-corrected chi connectivity index (χ2v) is 35.6. The predicted molar refractivity (Wildman–Crippen MR) is 562 cm³/mol. The first-order chi connectivity index (χ1) is 67.3. The first-order valence-electron chi connectivity index (χ1n) is 47.0. The Morgan fingerprint density at radius 2 is 0.551 bits per heavy atom. The molecular formula is C128H98N4O4. The molecule has 0 N–H and O–H groups in total. The van der Waals surface area contributed by atoms with Crippen molar-refractivity contribution in [2.24, 2.45) is 0 Å². The highest BCUT2D eigenvalue weighted by Gasteiger charge is 2.47. The smallest absolute Gasteiger partial charge is 0.119 e. The zero-order valence-corrected chi connectivity index (χ0v) is 75.5. The van der Waals surface area contributed by atoms with Crippen LogP contribution < -0.4 is 19.3 Å². The van der Waals surface area contributed by atoms with Crippen molar-refractivity contribution >= 4 is 89.9 Å². The molecule has 0 bridgehead atoms. The summed E-state index contributed by atoms with van der Waals surface area (Å²) in [7, 11) is 0. The average Bonchev–Trinajstić information content (AvgIpc) is 1.55. The molecule has 2 aliphatic carbocycles. The number of aromatic nitrogens is 2. The molecule has 2 aliphatic rings. The van der Waals surface area contributed by atoms with Gasteiger partial charge >= 0.3 is 0 Å². The Hall–Kier alpha value is -16.6. The fourth-order valence-corrected chi connectivity index (χ4v) is 21.2. The number of para-hydroxylation sites is 4. The van der Waals surface area contributed by atoms with Gasteiger partial charge in [-0.25, -0.2) is 0 Å². The molecule has 21 aromatic rings. The Kier molecular flexibility index (Phi) is 22.5. The van der Waals surface area contributed by atoms with Gasteiger partial charge in [0.05, 0.1) is 61.7 Å². The van der Waals surface area contributed by atoms with Gasteiger partial charge in [-0.3, -0.25) is 0 Å². The van der Waals surface area contributed by atoms with Crippen molar-refractivity contribution in [1.82, 2.24) is 9.13 Å². The van der Waals surface area contributed by atoms with Crippen molar-refractivity contribution in [3.8, 4) is 67.4 Å². The highest BCUT2D eigenvalue weighted by molar-refractivity contribution is 6.12. The topological polar surface area (TPSA) is 53.3 Å². The summed E-state index contributed by atoms with van der Waals surface area (Å²) in [5.41, 5.74) is 36.1. The molecule has 2 aromatic heterocycles. The Morgan fingerprint density at radius 3 is 0.934 bits per heavy atom. The van der Waals surface area contributed by atoms with Crippen LogP contribution in [-0.2, 0) is 46.7 Å². The summed E-state index contributed by atoms with van der Waals surface area (Å²) >= 11 is 0. The van der Waals surface area contributed by atoms with Crippen LogP contribution in [0.5, 0.6) is 11.5 Å². The second-order valence-electron chi connectivity index (χ2n) is 35.6. The fourth-order valence-electron chi connectivity index (χ4n) is 21.2. The number of nitrogens with zero attached hydrogens (tertiary/aromatic N) is 4. The molecule has 8 nitrogen and oxygen atoms in total. The van der Waals surface area contributed by atoms with Crippen molar-refractivity contribution in [2.75, 3.05) is 23.0 Å². The summed E-state index contributed by atoms with van der Waals surface area (Å²) in [5, 5.41) is 4.82. The molecule has 0 saturated heterocycles. The standard InChI is InChI=1S/C128H98N4O4/c1-3-89-49-69-109(70-50-89)135-79-77-127(99-25-9-5-10-26-99)119-37-21-17-33-111(119)113-73-67-107(83-121(113)127)129(101-29-13-7-14-30-101)103-63-53-95(54-64-103)97-57-75-125-117(81-97)115-35-19-23-39-123(115)131(125)105-59-45-93(46-60-105)87-133-85-91-41-43-92(44-42-91)86-134-88-94-47-61-106(62-48-94)132-124-40-24-20-36-116(124)118-82-98(58-76-126(118)132)96-55-65-104(66-56-96)130(102-31-15-8-16-32-102)108-68-74-114-112-34-18-22-38-120(112)128(122(114)84-108,100-27-11-6-12-28-100)78-80-136-110-71-51-90(4-2)52-72-110/h3-76,81-84H,1-2,77-80,85-88H2. The molecule has 0 fully saturated rings. The summed E-state index contributed by atoms with van der Waals surface area (Å²) in [4.78, 5) is 4.78. The Morgan fingerprint density at radius 1 is 0.243 bits per heavy atom. The number of fused-ring (bicyclic) bond motifs is 12. The van der Waals surface area contributed by atoms with Crippen molar-refractivity contribution in [2.45, 2.75) is 50.1 Å². The van der Waals surface area contributed by atoms with Crippen molar-refractivity contribution in [3.05, 3.63) is 541 Å². The van der Waals surface area contributed by atoms with Crippen LogP contribution in [0.15, 0.2) is 474 Å². The lowest BCUT2D eigenvalue weighted by molar-refractivity contribution is 0.105. The SMILES string of the molecule is C=Cc1ccc(OCCC2(c3ccccc3)c3ccccc3-c3ccc(N(c4ccccc4)c4ccc(-c5ccc6c(c5)c5ccccc5n6-c5ccc(COCc6ccc(COCc7ccc(-n8c9ccccc9c9cc(-c%10ccc(N(c%11ccccc%11)c%11ccc%12c(c%11)C(CCOc%11ccc(C=C)cc%11)(c%11ccccc%11)c%11ccccc%11-%12)cc%10)ccc98)cc7)cc6)cc5)cc4)cc32)cc1. The molecule has 2 heterocycles. The van der Waals surface area contributed by atoms with Gasteiger partial charge in [-0.2, -0.15) is 0 Å². The monoisotopic (exact) mass is 1750 g/mol. The average molecular weight is 1760 g/mol. The van der Waals surface area contributed by atoms with E-state index in [1.54, 1.807) is 0 Å². The number of benzene rings is 19. The minimum Gasteiger partial charge on any atom is -0.494 e. The van der Waals surface area contributed by atoms with Gasteiger partial charge in [-0.05, 0) is 282 Å². The van der Waals surface area contributed by atoms with E-state index in [-0.39, 0.29) is 0 Å². The summed E-state index contributed by atoms with van der Waals surface area (Å²) in [5.74, 6) is 1.69. The number of rotatable bonds is 30. The van der Waals surface area contributed by atoms with E-state index in [1.807, 2.05) is 36.4 Å². The van der Waals surface area contributed by atoms with Crippen LogP contribution in [0.3, 0.4) is 0 Å². The van der Waals surface area contributed by atoms with Gasteiger partial charge in [0.2, 0.25) is 0 Å². The maximum absolute atomic E-state index is 6.61. The molecule has 136 heavy (non-hydrogen) atoms. The second kappa shape index (κ2) is 36.5. The molecule has 8 heteroatoms. The molecular weight excluding hydrogens is 1660 g/mol. The van der Waals surface area contributed by atoms with E-state index in [9.17, 15) is 0 Å². The molecule has 0 spiro atoms. The molecule has 23 rings (SSSR count). The highest BCUT2D eigenvalue weighted by Crippen LogP contribution is 2.59. The van der Waals surface area contributed by atoms with Gasteiger partial charge in [-0.1, -0.05) is 329 Å². The van der Waals surface area contributed by atoms with Gasteiger partial charge in [0.1, 0.15) is 11.5 Å². The third kappa shape index (κ3) is 15.6. The minimum atomic E-state index is -0.473. The Labute approximate surface area is 794 Å². The van der Waals surface area contributed by atoms with E-state index in [4.69, 9.17) is 18.9 Å². The molecule has 0 radical (unpaired) electrons. The number of ether oxygens (including phenoxy) is 4. The summed E-state index contributed by atoms with van der Waals surface area (Å²) in [6.07, 6.45) is 5.21. The molecule has 0 saturated carbocycles. The maximum Gasteiger partial charge on any atom is 0.119 e. The fraction of sp³-hybridized carbons (Fsp3) is 0.0781. The lowest BCUT2D eigenvalue weighted by Crippen LogP contribution is -2.29. The van der Waals surface area contributed by atoms with Crippen LogP contribution in [0.25, 0.3) is 112 Å². The lowest BCUT2D eigenvalue weighted by Gasteiger charge is -2.34. The predicted octanol–water partition coefficient (Wildman–Crippen LogP) is 32.4. The molecule has 0 aliphatic heterocycles. The van der Waals surface area contributed by atoms with E-state index in [0.717, 1.165) is 148 Å². The van der Waals surface area contributed by atoms with E-state index >= 15 is 0 Å². The third-order valence-corrected chi connectivity index (χ3v) is 27.8. The number of hydrogen-bond acceptors (Lipinski definition) is 6. The first kappa shape index (κ1) is 83.7. The molecule has 0 amide bonds. The van der Waals surface area contributed by atoms with Crippen molar-refractivity contribution in [1.29, 1.82) is 0 Å². The van der Waals surface area contributed by atoms with E-state index in [2.05, 4.69) is 469 Å². The van der Waals surface area contributed by atoms with Gasteiger partial charge in [0.15, 0.2) is 0 Å². The molecule has 654 valence electrons. The van der Waals surface area contributed by atoms with Crippen LogP contribution >= 0.6 is 0 Å². The van der Waals surface area contributed by atoms with Gasteiger partial charge in [0.25, 0.3) is 0 Å². The normalized spacial score (nSPS) is 14.0. The molecule has 2 unspecified atom stereocenters. The Bertz CT molecular complexity index is 7480. The van der Waals surface area contributed by atoms with Crippen molar-refractivity contribution < 1.29 is 18.9 Å². The summed E-state index contributed by atoms with van der Waals surface area (Å²) < 4.78 is 30.8. The largest absolute Gasteiger partial charge is 0.494 e. The lowest BCUT2D eigenvalue weighted by atomic mass is 9.70. The zero-order valence-electron chi connectivity index (χ0n) is 75.5. The van der Waals surface area contributed by atoms with Gasteiger partial charge in [-0.15, -0.1) is 0 Å². The van der Waals surface area contributed by atoms with E-state index in [0.29, 0.717) is 39.6 Å². The minimum absolute atomic E-state index is 0.473. The summed E-state index contributed by atoms with van der Waals surface area (Å²) in [6.45, 7) is 10.9. The van der Waals surface area contributed by atoms with Gasteiger partial charge < -0.3 is 37.9 Å². The zero-order chi connectivity index (χ0) is 90.9. The van der Waals surface area contributed by atoms with Crippen molar-refractivity contribution in [3.63, 3.8) is 0 Å².